The van der Waals surface area contributed by atoms with Crippen LogP contribution in [-0.4, -0.2) is 39.4 Å². The SMILES string of the molecule is CC(O)Cn1cc(-c2nc(Nc3ccc(S(N)(=O)=O)cc3F)ncc2C(F)(F)F)cn1. The largest absolute Gasteiger partial charge is 0.419 e. The number of primary sulfonamides is 1. The maximum atomic E-state index is 14.2. The minimum atomic E-state index is -4.78. The fraction of sp³-hybridized carbons (Fsp3) is 0.235. The van der Waals surface area contributed by atoms with E-state index in [1.165, 1.54) is 17.8 Å². The number of sulfonamides is 1. The molecule has 1 atom stereocenters. The molecule has 4 N–H and O–H groups in total. The Hall–Kier alpha value is -3.10. The average Bonchev–Trinajstić information content (AvgIpc) is 3.09. The van der Waals surface area contributed by atoms with Gasteiger partial charge in [-0.1, -0.05) is 0 Å². The van der Waals surface area contributed by atoms with Gasteiger partial charge in [0.25, 0.3) is 0 Å². The van der Waals surface area contributed by atoms with Crippen molar-refractivity contribution in [2.24, 2.45) is 5.14 Å². The molecule has 3 rings (SSSR count). The zero-order valence-electron chi connectivity index (χ0n) is 15.8. The number of nitrogens with one attached hydrogen (secondary N) is 1. The summed E-state index contributed by atoms with van der Waals surface area (Å²) in [5, 5.41) is 20.7. The lowest BCUT2D eigenvalue weighted by Crippen LogP contribution is -2.13. The minimum Gasteiger partial charge on any atom is -0.391 e. The van der Waals surface area contributed by atoms with Crippen molar-refractivity contribution in [2.45, 2.75) is 30.6 Å². The van der Waals surface area contributed by atoms with Gasteiger partial charge in [-0.15, -0.1) is 0 Å². The van der Waals surface area contributed by atoms with E-state index in [1.54, 1.807) is 0 Å². The van der Waals surface area contributed by atoms with E-state index >= 15 is 0 Å². The van der Waals surface area contributed by atoms with Crippen LogP contribution in [-0.2, 0) is 22.7 Å². The van der Waals surface area contributed by atoms with Crippen molar-refractivity contribution in [1.29, 1.82) is 0 Å². The fourth-order valence-electron chi connectivity index (χ4n) is 2.62. The summed E-state index contributed by atoms with van der Waals surface area (Å²) in [5.74, 6) is -1.39. The summed E-state index contributed by atoms with van der Waals surface area (Å²) in [6.45, 7) is 1.55. The molecule has 0 aliphatic rings. The van der Waals surface area contributed by atoms with Gasteiger partial charge in [0.2, 0.25) is 16.0 Å². The van der Waals surface area contributed by atoms with Crippen LogP contribution < -0.4 is 10.5 Å². The Labute approximate surface area is 173 Å². The molecule has 14 heteroatoms. The van der Waals surface area contributed by atoms with Crippen LogP contribution in [0.2, 0.25) is 0 Å². The molecule has 0 aliphatic heterocycles. The van der Waals surface area contributed by atoms with Crippen molar-refractivity contribution in [3.8, 4) is 11.3 Å². The number of rotatable bonds is 6. The third-order valence-corrected chi connectivity index (χ3v) is 4.88. The van der Waals surface area contributed by atoms with Crippen molar-refractivity contribution in [3.63, 3.8) is 0 Å². The van der Waals surface area contributed by atoms with Gasteiger partial charge in [0.05, 0.1) is 35.1 Å². The molecule has 0 fully saturated rings. The Morgan fingerprint density at radius 3 is 2.58 bits per heavy atom. The number of nitrogens with zero attached hydrogens (tertiary/aromatic N) is 4. The van der Waals surface area contributed by atoms with E-state index in [-0.39, 0.29) is 23.7 Å². The minimum absolute atomic E-state index is 0.00321. The highest BCUT2D eigenvalue weighted by molar-refractivity contribution is 7.89. The lowest BCUT2D eigenvalue weighted by atomic mass is 10.1. The molecule has 31 heavy (non-hydrogen) atoms. The molecule has 1 unspecified atom stereocenters. The predicted molar refractivity (Wildman–Crippen MR) is 101 cm³/mol. The van der Waals surface area contributed by atoms with Crippen LogP contribution in [0.4, 0.5) is 29.2 Å². The molecule has 9 nitrogen and oxygen atoms in total. The van der Waals surface area contributed by atoms with E-state index in [0.29, 0.717) is 12.3 Å². The zero-order chi connectivity index (χ0) is 23.0. The molecule has 0 spiro atoms. The number of halogens is 4. The summed E-state index contributed by atoms with van der Waals surface area (Å²) in [4.78, 5) is 6.94. The van der Waals surface area contributed by atoms with Crippen LogP contribution in [0.5, 0.6) is 0 Å². The van der Waals surface area contributed by atoms with Gasteiger partial charge in [0.1, 0.15) is 11.4 Å². The molecular formula is C17H16F4N6O3S. The van der Waals surface area contributed by atoms with Gasteiger partial charge < -0.3 is 10.4 Å². The van der Waals surface area contributed by atoms with Crippen LogP contribution in [0.3, 0.4) is 0 Å². The van der Waals surface area contributed by atoms with Gasteiger partial charge in [0, 0.05) is 18.0 Å². The molecule has 0 bridgehead atoms. The van der Waals surface area contributed by atoms with Crippen molar-refractivity contribution in [1.82, 2.24) is 19.7 Å². The number of anilines is 2. The summed E-state index contributed by atoms with van der Waals surface area (Å²) < 4.78 is 78.4. The quantitative estimate of drug-likeness (QED) is 0.480. The van der Waals surface area contributed by atoms with E-state index in [0.717, 1.165) is 18.3 Å². The Bertz CT molecular complexity index is 1210. The van der Waals surface area contributed by atoms with Crippen molar-refractivity contribution < 1.29 is 31.1 Å². The molecule has 2 heterocycles. The highest BCUT2D eigenvalue weighted by Gasteiger charge is 2.36. The topological polar surface area (TPSA) is 136 Å². The molecule has 1 aromatic carbocycles. The molecule has 0 saturated heterocycles. The maximum absolute atomic E-state index is 14.2. The predicted octanol–water partition coefficient (Wildman–Crippen LogP) is 2.27. The van der Waals surface area contributed by atoms with Crippen molar-refractivity contribution in [2.75, 3.05) is 5.32 Å². The van der Waals surface area contributed by atoms with E-state index in [4.69, 9.17) is 5.14 Å². The van der Waals surface area contributed by atoms with Crippen molar-refractivity contribution >= 4 is 21.7 Å². The van der Waals surface area contributed by atoms with E-state index in [9.17, 15) is 31.1 Å². The molecule has 166 valence electrons. The van der Waals surface area contributed by atoms with E-state index in [2.05, 4.69) is 20.4 Å². The lowest BCUT2D eigenvalue weighted by Gasteiger charge is -2.13. The van der Waals surface area contributed by atoms with Gasteiger partial charge in [-0.05, 0) is 25.1 Å². The number of nitrogens with two attached hydrogens (primary N) is 1. The number of aromatic nitrogens is 4. The Kier molecular flexibility index (Phi) is 5.98. The second-order valence-corrected chi connectivity index (χ2v) is 8.13. The first kappa shape index (κ1) is 22.6. The van der Waals surface area contributed by atoms with Gasteiger partial charge in [-0.25, -0.2) is 27.9 Å². The second-order valence-electron chi connectivity index (χ2n) is 6.57. The first-order valence-electron chi connectivity index (χ1n) is 8.59. The third kappa shape index (κ3) is 5.34. The first-order chi connectivity index (χ1) is 14.3. The third-order valence-electron chi connectivity index (χ3n) is 3.97. The van der Waals surface area contributed by atoms with Gasteiger partial charge in [0.15, 0.2) is 0 Å². The van der Waals surface area contributed by atoms with Crippen LogP contribution in [0.1, 0.15) is 12.5 Å². The lowest BCUT2D eigenvalue weighted by molar-refractivity contribution is -0.137. The molecule has 0 radical (unpaired) electrons. The summed E-state index contributed by atoms with van der Waals surface area (Å²) in [5.41, 5.74) is -1.92. The van der Waals surface area contributed by atoms with Crippen LogP contribution in [0.15, 0.2) is 41.7 Å². The number of hydrogen-bond acceptors (Lipinski definition) is 7. The van der Waals surface area contributed by atoms with Crippen molar-refractivity contribution in [3.05, 3.63) is 48.2 Å². The molecule has 3 aromatic rings. The number of aliphatic hydroxyl groups is 1. The fourth-order valence-corrected chi connectivity index (χ4v) is 3.15. The van der Waals surface area contributed by atoms with Gasteiger partial charge in [-0.2, -0.15) is 18.3 Å². The highest BCUT2D eigenvalue weighted by Crippen LogP contribution is 2.36. The number of hydrogen-bond donors (Lipinski definition) is 3. The Morgan fingerprint density at radius 1 is 1.29 bits per heavy atom. The monoisotopic (exact) mass is 460 g/mol. The standard InChI is InChI=1S/C17H16F4N6O3S/c1-9(28)7-27-8-10(5-24-27)15-12(17(19,20)21)6-23-16(26-15)25-14-3-2-11(4-13(14)18)31(22,29)30/h2-6,8-9,28H,7H2,1H3,(H2,22,29,30)(H,23,25,26). The summed E-state index contributed by atoms with van der Waals surface area (Å²) >= 11 is 0. The number of aliphatic hydroxyl groups excluding tert-OH is 1. The smallest absolute Gasteiger partial charge is 0.391 e. The zero-order valence-corrected chi connectivity index (χ0v) is 16.6. The number of alkyl halides is 3. The summed E-state index contributed by atoms with van der Waals surface area (Å²) in [7, 11) is -4.14. The van der Waals surface area contributed by atoms with E-state index in [1.807, 2.05) is 0 Å². The maximum Gasteiger partial charge on any atom is 0.419 e. The van der Waals surface area contributed by atoms with Crippen LogP contribution in [0, 0.1) is 5.82 Å². The normalized spacial score (nSPS) is 13.3. The Balaban J connectivity index is 2.00. The molecular weight excluding hydrogens is 444 g/mol. The molecule has 0 amide bonds. The van der Waals surface area contributed by atoms with E-state index < -0.39 is 44.3 Å². The first-order valence-corrected chi connectivity index (χ1v) is 10.1. The second kappa shape index (κ2) is 8.20. The molecule has 2 aromatic heterocycles. The molecule has 0 aliphatic carbocycles. The summed E-state index contributed by atoms with van der Waals surface area (Å²) in [6.07, 6.45) is -2.60. The average molecular weight is 460 g/mol. The van der Waals surface area contributed by atoms with Gasteiger partial charge in [-0.3, -0.25) is 4.68 Å². The van der Waals surface area contributed by atoms with Crippen LogP contribution in [0.25, 0.3) is 11.3 Å². The number of benzene rings is 1. The van der Waals surface area contributed by atoms with Gasteiger partial charge >= 0.3 is 6.18 Å². The van der Waals surface area contributed by atoms with Crippen LogP contribution >= 0.6 is 0 Å². The molecule has 0 saturated carbocycles. The highest BCUT2D eigenvalue weighted by atomic mass is 32.2. The Morgan fingerprint density at radius 2 is 2.00 bits per heavy atom. The summed E-state index contributed by atoms with van der Waals surface area (Å²) in [6, 6.07) is 2.71.